The predicted molar refractivity (Wildman–Crippen MR) is 121 cm³/mol. The molecule has 2 aromatic carbocycles. The minimum absolute atomic E-state index is 0.0289. The maximum Gasteiger partial charge on any atom is 0.323 e. The lowest BCUT2D eigenvalue weighted by atomic mass is 9.84. The Bertz CT molecular complexity index is 952. The minimum Gasteiger partial charge on any atom is -0.487 e. The number of aliphatic hydroxyl groups excluding tert-OH is 1. The molecule has 4 rings (SSSR count). The molecule has 0 radical (unpaired) electrons. The number of para-hydroxylation sites is 1. The van der Waals surface area contributed by atoms with Crippen LogP contribution >= 0.6 is 0 Å². The van der Waals surface area contributed by atoms with E-state index in [-0.39, 0.29) is 43.1 Å². The second-order valence-electron chi connectivity index (χ2n) is 8.16. The average molecular weight is 440 g/mol. The number of urea groups is 1. The van der Waals surface area contributed by atoms with Gasteiger partial charge in [-0.15, -0.1) is 0 Å². The number of carbonyl (C=O) groups is 2. The molecule has 0 saturated carbocycles. The van der Waals surface area contributed by atoms with E-state index in [2.05, 4.69) is 16.0 Å². The molecule has 0 unspecified atom stereocenters. The first kappa shape index (κ1) is 22.1. The highest BCUT2D eigenvalue weighted by molar-refractivity contribution is 5.99. The van der Waals surface area contributed by atoms with Gasteiger partial charge in [0.2, 0.25) is 5.91 Å². The minimum atomic E-state index is -0.511. The van der Waals surface area contributed by atoms with Crippen LogP contribution in [0.25, 0.3) is 0 Å². The van der Waals surface area contributed by atoms with Gasteiger partial charge in [-0.2, -0.15) is 0 Å². The van der Waals surface area contributed by atoms with Crippen molar-refractivity contribution in [2.45, 2.75) is 50.4 Å². The quantitative estimate of drug-likeness (QED) is 0.530. The lowest BCUT2D eigenvalue weighted by Crippen LogP contribution is -2.47. The van der Waals surface area contributed by atoms with Gasteiger partial charge in [-0.3, -0.25) is 4.79 Å². The van der Waals surface area contributed by atoms with Crippen LogP contribution in [0.15, 0.2) is 48.5 Å². The van der Waals surface area contributed by atoms with Crippen LogP contribution in [-0.4, -0.2) is 48.5 Å². The summed E-state index contributed by atoms with van der Waals surface area (Å²) in [6.07, 6.45) is 0.578. The normalized spacial score (nSPS) is 23.4. The molecule has 2 aliphatic rings. The van der Waals surface area contributed by atoms with Crippen LogP contribution < -0.4 is 20.7 Å². The monoisotopic (exact) mass is 439 g/mol. The lowest BCUT2D eigenvalue weighted by molar-refractivity contribution is -0.142. The highest BCUT2D eigenvalue weighted by Gasteiger charge is 2.46. The Morgan fingerprint density at radius 3 is 2.62 bits per heavy atom. The standard InChI is InChI=1S/C24H29N3O5/c1-2-10-25-22(29)13-17-12-19-18-11-16(27-24(30)26-15-6-4-3-5-7-15)8-9-20(18)32-23(19)21(14-28)31-17/h3-9,11,17,19,21,23,28H,2,10,12-14H2,1H3,(H,25,29)(H2,26,27,30)/t17-,19-,21-,23+/m0/s1. The first-order valence-electron chi connectivity index (χ1n) is 11.0. The van der Waals surface area contributed by atoms with Crippen LogP contribution in [0.5, 0.6) is 5.75 Å². The summed E-state index contributed by atoms with van der Waals surface area (Å²) in [7, 11) is 0. The SMILES string of the molecule is CCCNC(=O)C[C@@H]1C[C@H]2c3cc(NC(=O)Nc4ccccc4)ccc3O[C@H]2[C@H](CO)O1. The molecule has 2 heterocycles. The Balaban J connectivity index is 1.45. The van der Waals surface area contributed by atoms with E-state index in [9.17, 15) is 14.7 Å². The molecule has 0 bridgehead atoms. The van der Waals surface area contributed by atoms with Gasteiger partial charge in [-0.1, -0.05) is 25.1 Å². The molecule has 2 aromatic rings. The lowest BCUT2D eigenvalue weighted by Gasteiger charge is -2.37. The van der Waals surface area contributed by atoms with E-state index in [0.29, 0.717) is 30.1 Å². The fourth-order valence-electron chi connectivity index (χ4n) is 4.33. The summed E-state index contributed by atoms with van der Waals surface area (Å²) in [4.78, 5) is 24.6. The topological polar surface area (TPSA) is 109 Å². The number of amides is 3. The third-order valence-corrected chi connectivity index (χ3v) is 5.77. The summed E-state index contributed by atoms with van der Waals surface area (Å²) in [5.74, 6) is 0.630. The van der Waals surface area contributed by atoms with Crippen molar-refractivity contribution < 1.29 is 24.2 Å². The molecular formula is C24H29N3O5. The molecule has 32 heavy (non-hydrogen) atoms. The summed E-state index contributed by atoms with van der Waals surface area (Å²) < 4.78 is 12.1. The van der Waals surface area contributed by atoms with Crippen LogP contribution in [0.1, 0.15) is 37.7 Å². The van der Waals surface area contributed by atoms with Crippen LogP contribution in [0.4, 0.5) is 16.2 Å². The highest BCUT2D eigenvalue weighted by atomic mass is 16.6. The van der Waals surface area contributed by atoms with E-state index in [1.807, 2.05) is 49.4 Å². The Morgan fingerprint density at radius 2 is 1.88 bits per heavy atom. The van der Waals surface area contributed by atoms with E-state index >= 15 is 0 Å². The van der Waals surface area contributed by atoms with Gasteiger partial charge in [0.25, 0.3) is 0 Å². The molecule has 1 fully saturated rings. The van der Waals surface area contributed by atoms with Crippen molar-refractivity contribution in [2.24, 2.45) is 0 Å². The van der Waals surface area contributed by atoms with E-state index in [1.165, 1.54) is 0 Å². The zero-order valence-corrected chi connectivity index (χ0v) is 18.0. The molecule has 0 aromatic heterocycles. The Kier molecular flexibility index (Phi) is 6.92. The van der Waals surface area contributed by atoms with Gasteiger partial charge in [-0.05, 0) is 43.2 Å². The molecule has 3 amide bonds. The molecule has 1 saturated heterocycles. The number of aliphatic hydroxyl groups is 1. The van der Waals surface area contributed by atoms with E-state index in [4.69, 9.17) is 9.47 Å². The van der Waals surface area contributed by atoms with Gasteiger partial charge in [-0.25, -0.2) is 4.79 Å². The molecule has 2 aliphatic heterocycles. The summed E-state index contributed by atoms with van der Waals surface area (Å²) >= 11 is 0. The molecule has 170 valence electrons. The largest absolute Gasteiger partial charge is 0.487 e. The maximum absolute atomic E-state index is 12.4. The smallest absolute Gasteiger partial charge is 0.323 e. The van der Waals surface area contributed by atoms with Crippen molar-refractivity contribution >= 4 is 23.3 Å². The van der Waals surface area contributed by atoms with E-state index in [0.717, 1.165) is 12.0 Å². The predicted octanol–water partition coefficient (Wildman–Crippen LogP) is 3.24. The Hall–Kier alpha value is -3.10. The first-order valence-corrected chi connectivity index (χ1v) is 11.0. The number of rotatable bonds is 7. The van der Waals surface area contributed by atoms with Crippen molar-refractivity contribution in [2.75, 3.05) is 23.8 Å². The number of hydrogen-bond donors (Lipinski definition) is 4. The van der Waals surface area contributed by atoms with Gasteiger partial charge in [0.05, 0.1) is 19.1 Å². The fourth-order valence-corrected chi connectivity index (χ4v) is 4.33. The van der Waals surface area contributed by atoms with Crippen molar-refractivity contribution in [1.82, 2.24) is 5.32 Å². The second-order valence-corrected chi connectivity index (χ2v) is 8.16. The third-order valence-electron chi connectivity index (χ3n) is 5.77. The summed E-state index contributed by atoms with van der Waals surface area (Å²) in [6.45, 7) is 2.45. The van der Waals surface area contributed by atoms with Gasteiger partial charge in [0, 0.05) is 29.4 Å². The van der Waals surface area contributed by atoms with Crippen molar-refractivity contribution in [3.05, 3.63) is 54.1 Å². The van der Waals surface area contributed by atoms with Crippen molar-refractivity contribution in [1.29, 1.82) is 0 Å². The molecule has 0 spiro atoms. The number of hydrogen-bond acceptors (Lipinski definition) is 5. The number of nitrogens with one attached hydrogen (secondary N) is 3. The number of benzene rings is 2. The number of ether oxygens (including phenoxy) is 2. The van der Waals surface area contributed by atoms with Gasteiger partial charge in [0.15, 0.2) is 0 Å². The molecule has 4 atom stereocenters. The first-order chi connectivity index (χ1) is 15.6. The number of anilines is 2. The summed E-state index contributed by atoms with van der Waals surface area (Å²) in [6, 6.07) is 14.4. The Labute approximate surface area is 187 Å². The maximum atomic E-state index is 12.4. The zero-order valence-electron chi connectivity index (χ0n) is 18.0. The van der Waals surface area contributed by atoms with Crippen LogP contribution in [0.2, 0.25) is 0 Å². The van der Waals surface area contributed by atoms with Gasteiger partial charge in [0.1, 0.15) is 18.0 Å². The number of fused-ring (bicyclic) bond motifs is 3. The van der Waals surface area contributed by atoms with E-state index < -0.39 is 6.10 Å². The highest BCUT2D eigenvalue weighted by Crippen LogP contribution is 2.47. The van der Waals surface area contributed by atoms with Crippen LogP contribution in [0, 0.1) is 0 Å². The van der Waals surface area contributed by atoms with Gasteiger partial charge < -0.3 is 30.5 Å². The van der Waals surface area contributed by atoms with Crippen molar-refractivity contribution in [3.8, 4) is 5.75 Å². The van der Waals surface area contributed by atoms with E-state index in [1.54, 1.807) is 6.07 Å². The summed E-state index contributed by atoms with van der Waals surface area (Å²) in [5, 5.41) is 18.4. The molecular weight excluding hydrogens is 410 g/mol. The molecule has 4 N–H and O–H groups in total. The molecule has 8 nitrogen and oxygen atoms in total. The third kappa shape index (κ3) is 5.03. The van der Waals surface area contributed by atoms with Crippen LogP contribution in [-0.2, 0) is 9.53 Å². The fraction of sp³-hybridized carbons (Fsp3) is 0.417. The second kappa shape index (κ2) is 10.0. The molecule has 8 heteroatoms. The molecule has 0 aliphatic carbocycles. The van der Waals surface area contributed by atoms with Crippen molar-refractivity contribution in [3.63, 3.8) is 0 Å². The average Bonchev–Trinajstić information content (AvgIpc) is 3.15. The zero-order chi connectivity index (χ0) is 22.5. The van der Waals surface area contributed by atoms with Crippen LogP contribution in [0.3, 0.4) is 0 Å². The summed E-state index contributed by atoms with van der Waals surface area (Å²) in [5.41, 5.74) is 2.30. The van der Waals surface area contributed by atoms with Gasteiger partial charge >= 0.3 is 6.03 Å². The Morgan fingerprint density at radius 1 is 1.09 bits per heavy atom. The number of carbonyl (C=O) groups excluding carboxylic acids is 2.